The van der Waals surface area contributed by atoms with Crippen LogP contribution in [0.5, 0.6) is 5.75 Å². The number of carbonyl (C=O) groups excluding carboxylic acids is 1. The second-order valence-corrected chi connectivity index (χ2v) is 5.82. The normalized spacial score (nSPS) is 14.9. The molecule has 0 aliphatic carbocycles. The molecule has 130 valence electrons. The third-order valence-corrected chi connectivity index (χ3v) is 4.24. The lowest BCUT2D eigenvalue weighted by atomic mass is 10.0. The highest BCUT2D eigenvalue weighted by Gasteiger charge is 2.24. The zero-order valence-electron chi connectivity index (χ0n) is 14.2. The average Bonchev–Trinajstić information content (AvgIpc) is 2.58. The van der Waals surface area contributed by atoms with Crippen LogP contribution in [0.3, 0.4) is 0 Å². The molecule has 0 aromatic heterocycles. The molecule has 23 heavy (non-hydrogen) atoms. The van der Waals surface area contributed by atoms with Crippen molar-refractivity contribution >= 4 is 18.3 Å². The lowest BCUT2D eigenvalue weighted by Crippen LogP contribution is -2.48. The Morgan fingerprint density at radius 2 is 1.96 bits per heavy atom. The maximum Gasteiger partial charge on any atom is 0.260 e. The highest BCUT2D eigenvalue weighted by molar-refractivity contribution is 5.85. The minimum absolute atomic E-state index is 0. The van der Waals surface area contributed by atoms with E-state index in [2.05, 4.69) is 25.2 Å². The molecular weight excluding hydrogens is 312 g/mol. The second kappa shape index (κ2) is 10.5. The summed E-state index contributed by atoms with van der Waals surface area (Å²) in [5, 5.41) is 3.35. The number of aryl methyl sites for hydroxylation is 1. The third-order valence-electron chi connectivity index (χ3n) is 4.24. The van der Waals surface area contributed by atoms with Gasteiger partial charge in [0.1, 0.15) is 5.75 Å². The largest absolute Gasteiger partial charge is 0.483 e. The Labute approximate surface area is 146 Å². The van der Waals surface area contributed by atoms with Gasteiger partial charge in [0.2, 0.25) is 0 Å². The van der Waals surface area contributed by atoms with E-state index < -0.39 is 0 Å². The summed E-state index contributed by atoms with van der Waals surface area (Å²) in [6, 6.07) is 8.32. The topological polar surface area (TPSA) is 41.6 Å². The fraction of sp³-hybridized carbons (Fsp3) is 0.611. The van der Waals surface area contributed by atoms with Gasteiger partial charge in [-0.1, -0.05) is 32.0 Å². The highest BCUT2D eigenvalue weighted by atomic mass is 35.5. The van der Waals surface area contributed by atoms with E-state index in [0.717, 1.165) is 56.6 Å². The Hall–Kier alpha value is -1.26. The fourth-order valence-electron chi connectivity index (χ4n) is 3.03. The number of benzene rings is 1. The Balaban J connectivity index is 0.00000264. The van der Waals surface area contributed by atoms with E-state index in [1.54, 1.807) is 0 Å². The van der Waals surface area contributed by atoms with Gasteiger partial charge in [0.05, 0.1) is 0 Å². The molecule has 1 fully saturated rings. The van der Waals surface area contributed by atoms with Gasteiger partial charge in [0.25, 0.3) is 5.91 Å². The molecule has 0 radical (unpaired) electrons. The van der Waals surface area contributed by atoms with Crippen molar-refractivity contribution in [3.05, 3.63) is 29.8 Å². The highest BCUT2D eigenvalue weighted by Crippen LogP contribution is 2.19. The molecule has 0 bridgehead atoms. The number of hydrogen-bond acceptors (Lipinski definition) is 3. The van der Waals surface area contributed by atoms with Crippen LogP contribution in [0.15, 0.2) is 24.3 Å². The zero-order valence-corrected chi connectivity index (χ0v) is 15.0. The fourth-order valence-corrected chi connectivity index (χ4v) is 3.03. The third kappa shape index (κ3) is 5.70. The molecule has 1 heterocycles. The molecule has 1 amide bonds. The number of para-hydroxylation sites is 1. The number of rotatable bonds is 7. The minimum atomic E-state index is 0. The summed E-state index contributed by atoms with van der Waals surface area (Å²) in [4.78, 5) is 14.6. The van der Waals surface area contributed by atoms with Gasteiger partial charge >= 0.3 is 0 Å². The first-order valence-corrected chi connectivity index (χ1v) is 8.47. The van der Waals surface area contributed by atoms with Crippen LogP contribution >= 0.6 is 12.4 Å². The van der Waals surface area contributed by atoms with Crippen molar-refractivity contribution in [1.29, 1.82) is 0 Å². The predicted octanol–water partition coefficient (Wildman–Crippen LogP) is 3.04. The predicted molar refractivity (Wildman–Crippen MR) is 96.5 cm³/mol. The van der Waals surface area contributed by atoms with Crippen LogP contribution in [-0.2, 0) is 11.2 Å². The number of hydrogen-bond donors (Lipinski definition) is 1. The molecule has 0 spiro atoms. The van der Waals surface area contributed by atoms with Gasteiger partial charge in [-0.3, -0.25) is 4.79 Å². The van der Waals surface area contributed by atoms with Gasteiger partial charge in [0.15, 0.2) is 6.61 Å². The molecule has 4 nitrogen and oxygen atoms in total. The van der Waals surface area contributed by atoms with E-state index in [0.29, 0.717) is 6.04 Å². The summed E-state index contributed by atoms with van der Waals surface area (Å²) in [6.45, 7) is 7.18. The van der Waals surface area contributed by atoms with E-state index in [-0.39, 0.29) is 24.9 Å². The van der Waals surface area contributed by atoms with Gasteiger partial charge in [0, 0.05) is 12.6 Å². The first-order valence-electron chi connectivity index (χ1n) is 8.47. The van der Waals surface area contributed by atoms with Crippen molar-refractivity contribution in [2.45, 2.75) is 45.6 Å². The lowest BCUT2D eigenvalue weighted by Gasteiger charge is -2.34. The molecule has 0 atom stereocenters. The number of nitrogens with one attached hydrogen (secondary N) is 1. The van der Waals surface area contributed by atoms with Crippen LogP contribution in [0.4, 0.5) is 0 Å². The van der Waals surface area contributed by atoms with Gasteiger partial charge < -0.3 is 15.0 Å². The van der Waals surface area contributed by atoms with Gasteiger partial charge in [-0.2, -0.15) is 0 Å². The minimum Gasteiger partial charge on any atom is -0.483 e. The number of nitrogens with zero attached hydrogens (tertiary/aromatic N) is 1. The number of halogens is 1. The molecule has 1 aromatic rings. The van der Waals surface area contributed by atoms with E-state index in [1.165, 1.54) is 0 Å². The molecule has 1 aromatic carbocycles. The first kappa shape index (κ1) is 19.8. The maximum absolute atomic E-state index is 12.6. The van der Waals surface area contributed by atoms with Crippen molar-refractivity contribution in [2.24, 2.45) is 0 Å². The molecule has 1 aliphatic heterocycles. The first-order chi connectivity index (χ1) is 10.8. The monoisotopic (exact) mass is 340 g/mol. The Morgan fingerprint density at radius 1 is 1.26 bits per heavy atom. The number of carbonyl (C=O) groups is 1. The second-order valence-electron chi connectivity index (χ2n) is 5.82. The van der Waals surface area contributed by atoms with Crippen LogP contribution in [0.25, 0.3) is 0 Å². The number of amides is 1. The molecule has 2 rings (SSSR count). The van der Waals surface area contributed by atoms with Gasteiger partial charge in [-0.15, -0.1) is 12.4 Å². The maximum atomic E-state index is 12.6. The molecule has 1 saturated heterocycles. The Morgan fingerprint density at radius 3 is 2.61 bits per heavy atom. The molecule has 5 heteroatoms. The molecule has 1 N–H and O–H groups in total. The number of piperidine rings is 1. The smallest absolute Gasteiger partial charge is 0.260 e. The van der Waals surface area contributed by atoms with Crippen molar-refractivity contribution < 1.29 is 9.53 Å². The van der Waals surface area contributed by atoms with Crippen molar-refractivity contribution in [1.82, 2.24) is 10.2 Å². The SMILES string of the molecule is CCCN(C(=O)COc1ccccc1CC)C1CCNCC1.Cl. The summed E-state index contributed by atoms with van der Waals surface area (Å²) >= 11 is 0. The van der Waals surface area contributed by atoms with Crippen molar-refractivity contribution in [2.75, 3.05) is 26.2 Å². The summed E-state index contributed by atoms with van der Waals surface area (Å²) in [6.07, 6.45) is 3.98. The van der Waals surface area contributed by atoms with Crippen LogP contribution in [0.1, 0.15) is 38.7 Å². The quantitative estimate of drug-likeness (QED) is 0.829. The van der Waals surface area contributed by atoms with Gasteiger partial charge in [-0.05, 0) is 50.4 Å². The van der Waals surface area contributed by atoms with E-state index in [4.69, 9.17) is 4.74 Å². The Bertz CT molecular complexity index is 476. The van der Waals surface area contributed by atoms with Crippen LogP contribution in [0, 0.1) is 0 Å². The van der Waals surface area contributed by atoms with Crippen LogP contribution in [0.2, 0.25) is 0 Å². The zero-order chi connectivity index (χ0) is 15.8. The number of ether oxygens (including phenoxy) is 1. The summed E-state index contributed by atoms with van der Waals surface area (Å²) in [5.41, 5.74) is 1.15. The summed E-state index contributed by atoms with van der Waals surface area (Å²) in [7, 11) is 0. The van der Waals surface area contributed by atoms with Crippen LogP contribution < -0.4 is 10.1 Å². The van der Waals surface area contributed by atoms with Crippen molar-refractivity contribution in [3.63, 3.8) is 0 Å². The van der Waals surface area contributed by atoms with Crippen molar-refractivity contribution in [3.8, 4) is 5.75 Å². The van der Waals surface area contributed by atoms with Gasteiger partial charge in [-0.25, -0.2) is 0 Å². The van der Waals surface area contributed by atoms with E-state index in [9.17, 15) is 4.79 Å². The standard InChI is InChI=1S/C18H28N2O2.ClH/c1-3-13-20(16-9-11-19-12-10-16)18(21)14-22-17-8-6-5-7-15(17)4-2;/h5-8,16,19H,3-4,9-14H2,1-2H3;1H. The molecular formula is C18H29ClN2O2. The molecule has 0 saturated carbocycles. The summed E-state index contributed by atoms with van der Waals surface area (Å²) in [5.74, 6) is 0.944. The summed E-state index contributed by atoms with van der Waals surface area (Å²) < 4.78 is 5.80. The molecule has 0 unspecified atom stereocenters. The average molecular weight is 341 g/mol. The Kier molecular flexibility index (Phi) is 9.03. The lowest BCUT2D eigenvalue weighted by molar-refractivity contribution is -0.136. The van der Waals surface area contributed by atoms with E-state index in [1.807, 2.05) is 23.1 Å². The van der Waals surface area contributed by atoms with Crippen LogP contribution in [-0.4, -0.2) is 43.1 Å². The molecule has 1 aliphatic rings. The van der Waals surface area contributed by atoms with E-state index >= 15 is 0 Å².